The van der Waals surface area contributed by atoms with E-state index < -0.39 is 0 Å². The minimum absolute atomic E-state index is 0.0385. The van der Waals surface area contributed by atoms with E-state index in [0.29, 0.717) is 0 Å². The first-order valence-corrected chi connectivity index (χ1v) is 11.4. The number of ether oxygens (including phenoxy) is 1. The van der Waals surface area contributed by atoms with Gasteiger partial charge >= 0.3 is 0 Å². The third-order valence-electron chi connectivity index (χ3n) is 6.17. The molecule has 3 heteroatoms. The number of benzene rings is 3. The standard InChI is InChI=1S/C28H31NO2/c30-28(27(23-12-6-2-7-13-23)24-14-8-3-9-15-24)29-25-16-18-26(19-17-25)31-21-20-22-10-4-1-5-11-22/h2-3,6-9,12-19,22,27H,1,4-5,10-11,20-21H2,(H,29,30). The Labute approximate surface area is 185 Å². The van der Waals surface area contributed by atoms with Crippen LogP contribution in [0.2, 0.25) is 0 Å². The van der Waals surface area contributed by atoms with Crippen molar-refractivity contribution in [3.63, 3.8) is 0 Å². The summed E-state index contributed by atoms with van der Waals surface area (Å²) in [5, 5.41) is 3.08. The summed E-state index contributed by atoms with van der Waals surface area (Å²) in [6.07, 6.45) is 7.95. The number of rotatable bonds is 8. The Balaban J connectivity index is 1.37. The highest BCUT2D eigenvalue weighted by Gasteiger charge is 2.22. The van der Waals surface area contributed by atoms with E-state index in [-0.39, 0.29) is 11.8 Å². The molecule has 3 nitrogen and oxygen atoms in total. The Kier molecular flexibility index (Phi) is 7.38. The van der Waals surface area contributed by atoms with Gasteiger partial charge in [0.25, 0.3) is 0 Å². The van der Waals surface area contributed by atoms with E-state index in [0.717, 1.165) is 41.5 Å². The zero-order chi connectivity index (χ0) is 21.3. The number of carbonyl (C=O) groups excluding carboxylic acids is 1. The van der Waals surface area contributed by atoms with Crippen LogP contribution in [0, 0.1) is 5.92 Å². The lowest BCUT2D eigenvalue weighted by Gasteiger charge is -2.21. The molecule has 0 atom stereocenters. The summed E-state index contributed by atoms with van der Waals surface area (Å²) in [4.78, 5) is 13.2. The molecular weight excluding hydrogens is 382 g/mol. The quantitative estimate of drug-likeness (QED) is 0.441. The molecule has 1 N–H and O–H groups in total. The molecule has 160 valence electrons. The van der Waals surface area contributed by atoms with Crippen molar-refractivity contribution >= 4 is 11.6 Å². The molecule has 4 rings (SSSR count). The fourth-order valence-corrected chi connectivity index (χ4v) is 4.45. The largest absolute Gasteiger partial charge is 0.494 e. The lowest BCUT2D eigenvalue weighted by atomic mass is 9.87. The predicted molar refractivity (Wildman–Crippen MR) is 126 cm³/mol. The molecule has 1 amide bonds. The number of carbonyl (C=O) groups is 1. The number of amides is 1. The maximum Gasteiger partial charge on any atom is 0.236 e. The maximum absolute atomic E-state index is 13.2. The van der Waals surface area contributed by atoms with Crippen LogP contribution in [-0.4, -0.2) is 12.5 Å². The first-order chi connectivity index (χ1) is 15.3. The van der Waals surface area contributed by atoms with Crippen LogP contribution in [-0.2, 0) is 4.79 Å². The van der Waals surface area contributed by atoms with Gasteiger partial charge in [0, 0.05) is 5.69 Å². The van der Waals surface area contributed by atoms with Crippen LogP contribution in [0.25, 0.3) is 0 Å². The van der Waals surface area contributed by atoms with E-state index in [2.05, 4.69) is 5.32 Å². The van der Waals surface area contributed by atoms with Crippen molar-refractivity contribution in [2.45, 2.75) is 44.4 Å². The second-order valence-electron chi connectivity index (χ2n) is 8.41. The smallest absolute Gasteiger partial charge is 0.236 e. The molecular formula is C28H31NO2. The van der Waals surface area contributed by atoms with Gasteiger partial charge in [-0.05, 0) is 47.7 Å². The number of anilines is 1. The fourth-order valence-electron chi connectivity index (χ4n) is 4.45. The Bertz CT molecular complexity index is 892. The van der Waals surface area contributed by atoms with Gasteiger partial charge in [0.2, 0.25) is 5.91 Å². The summed E-state index contributed by atoms with van der Waals surface area (Å²) < 4.78 is 5.94. The van der Waals surface area contributed by atoms with Crippen LogP contribution in [0.1, 0.15) is 55.6 Å². The van der Waals surface area contributed by atoms with Crippen LogP contribution in [0.5, 0.6) is 5.75 Å². The first-order valence-electron chi connectivity index (χ1n) is 11.4. The highest BCUT2D eigenvalue weighted by atomic mass is 16.5. The van der Waals surface area contributed by atoms with Crippen molar-refractivity contribution in [2.75, 3.05) is 11.9 Å². The van der Waals surface area contributed by atoms with Crippen LogP contribution in [0.4, 0.5) is 5.69 Å². The van der Waals surface area contributed by atoms with Crippen molar-refractivity contribution in [1.82, 2.24) is 0 Å². The molecule has 3 aromatic rings. The van der Waals surface area contributed by atoms with Crippen LogP contribution in [0.15, 0.2) is 84.9 Å². The zero-order valence-electron chi connectivity index (χ0n) is 18.0. The van der Waals surface area contributed by atoms with E-state index in [1.54, 1.807) is 0 Å². The fraction of sp³-hybridized carbons (Fsp3) is 0.321. The number of hydrogen-bond acceptors (Lipinski definition) is 2. The second-order valence-corrected chi connectivity index (χ2v) is 8.41. The molecule has 0 radical (unpaired) electrons. The van der Waals surface area contributed by atoms with E-state index in [9.17, 15) is 4.79 Å². The average molecular weight is 414 g/mol. The molecule has 1 aliphatic rings. The summed E-state index contributed by atoms with van der Waals surface area (Å²) in [6, 6.07) is 27.5. The minimum Gasteiger partial charge on any atom is -0.494 e. The second kappa shape index (κ2) is 10.8. The van der Waals surface area contributed by atoms with Gasteiger partial charge in [0.05, 0.1) is 12.5 Å². The Morgan fingerprint density at radius 2 is 1.39 bits per heavy atom. The lowest BCUT2D eigenvalue weighted by Crippen LogP contribution is -2.22. The zero-order valence-corrected chi connectivity index (χ0v) is 18.0. The molecule has 1 fully saturated rings. The number of nitrogens with one attached hydrogen (secondary N) is 1. The third-order valence-corrected chi connectivity index (χ3v) is 6.17. The summed E-state index contributed by atoms with van der Waals surface area (Å²) in [6.45, 7) is 0.764. The van der Waals surface area contributed by atoms with Crippen LogP contribution in [0.3, 0.4) is 0 Å². The minimum atomic E-state index is -0.353. The van der Waals surface area contributed by atoms with Gasteiger partial charge in [0.1, 0.15) is 5.75 Å². The van der Waals surface area contributed by atoms with Crippen molar-refractivity contribution in [1.29, 1.82) is 0 Å². The Morgan fingerprint density at radius 1 is 0.806 bits per heavy atom. The summed E-state index contributed by atoms with van der Waals surface area (Å²) in [7, 11) is 0. The highest BCUT2D eigenvalue weighted by molar-refractivity contribution is 5.98. The van der Waals surface area contributed by atoms with Gasteiger partial charge in [-0.2, -0.15) is 0 Å². The SMILES string of the molecule is O=C(Nc1ccc(OCCC2CCCCC2)cc1)C(c1ccccc1)c1ccccc1. The molecule has 0 unspecified atom stereocenters. The van der Waals surface area contributed by atoms with Crippen LogP contribution < -0.4 is 10.1 Å². The van der Waals surface area contributed by atoms with Gasteiger partial charge in [-0.1, -0.05) is 92.8 Å². The van der Waals surface area contributed by atoms with Crippen molar-refractivity contribution in [2.24, 2.45) is 5.92 Å². The van der Waals surface area contributed by atoms with Crippen LogP contribution >= 0.6 is 0 Å². The molecule has 31 heavy (non-hydrogen) atoms. The third kappa shape index (κ3) is 5.97. The van der Waals surface area contributed by atoms with Crippen molar-refractivity contribution < 1.29 is 9.53 Å². The van der Waals surface area contributed by atoms with Gasteiger partial charge < -0.3 is 10.1 Å². The van der Waals surface area contributed by atoms with Gasteiger partial charge in [0.15, 0.2) is 0 Å². The van der Waals surface area contributed by atoms with E-state index >= 15 is 0 Å². The monoisotopic (exact) mass is 413 g/mol. The van der Waals surface area contributed by atoms with Crippen molar-refractivity contribution in [3.05, 3.63) is 96.1 Å². The summed E-state index contributed by atoms with van der Waals surface area (Å²) >= 11 is 0. The Hall–Kier alpha value is -3.07. The predicted octanol–water partition coefficient (Wildman–Crippen LogP) is 6.81. The lowest BCUT2D eigenvalue weighted by molar-refractivity contribution is -0.116. The molecule has 0 heterocycles. The molecule has 1 aliphatic carbocycles. The van der Waals surface area contributed by atoms with Gasteiger partial charge in [-0.3, -0.25) is 4.79 Å². The average Bonchev–Trinajstić information content (AvgIpc) is 2.82. The van der Waals surface area contributed by atoms with E-state index in [1.165, 1.54) is 32.1 Å². The molecule has 0 saturated heterocycles. The topological polar surface area (TPSA) is 38.3 Å². The molecule has 0 aromatic heterocycles. The van der Waals surface area contributed by atoms with E-state index in [4.69, 9.17) is 4.74 Å². The number of hydrogen-bond donors (Lipinski definition) is 1. The Morgan fingerprint density at radius 3 is 1.97 bits per heavy atom. The van der Waals surface area contributed by atoms with Gasteiger partial charge in [-0.25, -0.2) is 0 Å². The molecule has 0 bridgehead atoms. The molecule has 0 spiro atoms. The summed E-state index contributed by atoms with van der Waals surface area (Å²) in [5.41, 5.74) is 2.74. The molecule has 0 aliphatic heterocycles. The molecule has 3 aromatic carbocycles. The summed E-state index contributed by atoms with van der Waals surface area (Å²) in [5.74, 6) is 1.29. The molecule has 1 saturated carbocycles. The van der Waals surface area contributed by atoms with E-state index in [1.807, 2.05) is 84.9 Å². The van der Waals surface area contributed by atoms with Gasteiger partial charge in [-0.15, -0.1) is 0 Å². The normalized spacial score (nSPS) is 14.4. The first kappa shape index (κ1) is 21.2. The maximum atomic E-state index is 13.2. The van der Waals surface area contributed by atoms with Crippen molar-refractivity contribution in [3.8, 4) is 5.75 Å². The highest BCUT2D eigenvalue weighted by Crippen LogP contribution is 2.28.